The fourth-order valence-corrected chi connectivity index (χ4v) is 4.63. The number of amides is 2. The first-order valence-electron chi connectivity index (χ1n) is 10.4. The molecule has 4 nitrogen and oxygen atoms in total. The first kappa shape index (κ1) is 17.9. The predicted molar refractivity (Wildman–Crippen MR) is 116 cm³/mol. The minimum absolute atomic E-state index is 0.181. The average Bonchev–Trinajstić information content (AvgIpc) is 2.78. The van der Waals surface area contributed by atoms with Crippen LogP contribution in [0.4, 0.5) is 5.69 Å². The SMILES string of the molecule is O=C1c2cccc3c(N4CCCCC4)ccc(c23)C(=O)N1CCc1ccccc1. The molecule has 0 N–H and O–H groups in total. The van der Waals surface area contributed by atoms with Crippen LogP contribution in [0.5, 0.6) is 0 Å². The van der Waals surface area contributed by atoms with Gasteiger partial charge in [0, 0.05) is 47.2 Å². The van der Waals surface area contributed by atoms with Gasteiger partial charge in [0.1, 0.15) is 0 Å². The molecule has 146 valence electrons. The second-order valence-corrected chi connectivity index (χ2v) is 7.91. The maximum Gasteiger partial charge on any atom is 0.261 e. The van der Waals surface area contributed by atoms with Gasteiger partial charge in [0.05, 0.1) is 0 Å². The highest BCUT2D eigenvalue weighted by molar-refractivity contribution is 6.26. The van der Waals surface area contributed by atoms with Gasteiger partial charge >= 0.3 is 0 Å². The lowest BCUT2D eigenvalue weighted by Crippen LogP contribution is -2.41. The number of nitrogens with zero attached hydrogens (tertiary/aromatic N) is 2. The number of benzene rings is 3. The van der Waals surface area contributed by atoms with Gasteiger partial charge in [0.25, 0.3) is 11.8 Å². The highest BCUT2D eigenvalue weighted by Crippen LogP contribution is 2.36. The largest absolute Gasteiger partial charge is 0.371 e. The van der Waals surface area contributed by atoms with Crippen molar-refractivity contribution in [2.24, 2.45) is 0 Å². The zero-order chi connectivity index (χ0) is 19.8. The van der Waals surface area contributed by atoms with E-state index < -0.39 is 0 Å². The van der Waals surface area contributed by atoms with Gasteiger partial charge in [-0.05, 0) is 49.4 Å². The van der Waals surface area contributed by atoms with Crippen LogP contribution in [0.25, 0.3) is 10.8 Å². The van der Waals surface area contributed by atoms with E-state index in [2.05, 4.69) is 11.0 Å². The molecule has 0 radical (unpaired) electrons. The third kappa shape index (κ3) is 3.09. The summed E-state index contributed by atoms with van der Waals surface area (Å²) in [5, 5.41) is 1.84. The highest BCUT2D eigenvalue weighted by atomic mass is 16.2. The molecule has 29 heavy (non-hydrogen) atoms. The van der Waals surface area contributed by atoms with Crippen LogP contribution < -0.4 is 4.90 Å². The molecule has 0 bridgehead atoms. The van der Waals surface area contributed by atoms with Crippen molar-refractivity contribution >= 4 is 28.3 Å². The Hall–Kier alpha value is -3.14. The van der Waals surface area contributed by atoms with Gasteiger partial charge in [-0.3, -0.25) is 14.5 Å². The molecule has 2 amide bonds. The van der Waals surface area contributed by atoms with E-state index in [-0.39, 0.29) is 11.8 Å². The van der Waals surface area contributed by atoms with Crippen molar-refractivity contribution in [2.45, 2.75) is 25.7 Å². The van der Waals surface area contributed by atoms with E-state index in [1.165, 1.54) is 24.2 Å². The third-order valence-electron chi connectivity index (χ3n) is 6.13. The Morgan fingerprint density at radius 1 is 0.724 bits per heavy atom. The number of carbonyl (C=O) groups is 2. The lowest BCUT2D eigenvalue weighted by molar-refractivity contribution is 0.0612. The lowest BCUT2D eigenvalue weighted by Gasteiger charge is -2.32. The summed E-state index contributed by atoms with van der Waals surface area (Å²) in [5.74, 6) is -0.361. The number of hydrogen-bond acceptors (Lipinski definition) is 3. The Morgan fingerprint density at radius 3 is 2.21 bits per heavy atom. The number of imide groups is 1. The Kier molecular flexibility index (Phi) is 4.55. The second-order valence-electron chi connectivity index (χ2n) is 7.91. The van der Waals surface area contributed by atoms with E-state index >= 15 is 0 Å². The van der Waals surface area contributed by atoms with E-state index in [1.54, 1.807) is 0 Å². The smallest absolute Gasteiger partial charge is 0.261 e. The number of carbonyl (C=O) groups excluding carboxylic acids is 2. The molecule has 0 saturated carbocycles. The van der Waals surface area contributed by atoms with Gasteiger partial charge in [-0.2, -0.15) is 0 Å². The standard InChI is InChI=1S/C25H24N2O2/c28-24-20-11-7-10-19-22(26-15-5-2-6-16-26)13-12-21(23(19)20)25(29)27(24)17-14-18-8-3-1-4-9-18/h1,3-4,7-13H,2,5-6,14-17H2. The zero-order valence-electron chi connectivity index (χ0n) is 16.4. The second kappa shape index (κ2) is 7.36. The van der Waals surface area contributed by atoms with Crippen LogP contribution in [-0.2, 0) is 6.42 Å². The third-order valence-corrected chi connectivity index (χ3v) is 6.13. The molecular weight excluding hydrogens is 360 g/mol. The van der Waals surface area contributed by atoms with Gasteiger partial charge in [-0.25, -0.2) is 0 Å². The van der Waals surface area contributed by atoms with Crippen molar-refractivity contribution in [3.05, 3.63) is 77.4 Å². The Balaban J connectivity index is 1.52. The molecule has 4 heteroatoms. The van der Waals surface area contributed by atoms with E-state index in [1.807, 2.05) is 54.6 Å². The highest BCUT2D eigenvalue weighted by Gasteiger charge is 2.33. The lowest BCUT2D eigenvalue weighted by atomic mass is 9.92. The van der Waals surface area contributed by atoms with Crippen LogP contribution >= 0.6 is 0 Å². The van der Waals surface area contributed by atoms with Crippen molar-refractivity contribution < 1.29 is 9.59 Å². The van der Waals surface area contributed by atoms with Crippen LogP contribution in [0.2, 0.25) is 0 Å². The summed E-state index contributed by atoms with van der Waals surface area (Å²) < 4.78 is 0. The minimum atomic E-state index is -0.181. The molecule has 3 aromatic carbocycles. The summed E-state index contributed by atoms with van der Waals surface area (Å²) in [6.45, 7) is 2.46. The molecule has 0 aliphatic carbocycles. The van der Waals surface area contributed by atoms with Crippen LogP contribution in [0.3, 0.4) is 0 Å². The zero-order valence-corrected chi connectivity index (χ0v) is 16.4. The van der Waals surface area contributed by atoms with Gasteiger partial charge < -0.3 is 4.90 Å². The molecule has 2 heterocycles. The maximum atomic E-state index is 13.2. The van der Waals surface area contributed by atoms with Crippen molar-refractivity contribution in [3.63, 3.8) is 0 Å². The maximum absolute atomic E-state index is 13.2. The fraction of sp³-hybridized carbons (Fsp3) is 0.280. The monoisotopic (exact) mass is 384 g/mol. The molecule has 2 aliphatic heterocycles. The topological polar surface area (TPSA) is 40.6 Å². The molecule has 2 aliphatic rings. The van der Waals surface area contributed by atoms with Gasteiger partial charge in [0.15, 0.2) is 0 Å². The molecule has 1 saturated heterocycles. The normalized spacial score (nSPS) is 16.6. The van der Waals surface area contributed by atoms with Crippen molar-refractivity contribution in [1.29, 1.82) is 0 Å². The van der Waals surface area contributed by atoms with Crippen LogP contribution in [0, 0.1) is 0 Å². The van der Waals surface area contributed by atoms with Crippen molar-refractivity contribution in [1.82, 2.24) is 4.90 Å². The fourth-order valence-electron chi connectivity index (χ4n) is 4.63. The predicted octanol–water partition coefficient (Wildman–Crippen LogP) is 4.67. The van der Waals surface area contributed by atoms with E-state index in [0.717, 1.165) is 35.1 Å². The Labute approximate surface area is 170 Å². The minimum Gasteiger partial charge on any atom is -0.371 e. The summed E-state index contributed by atoms with van der Waals surface area (Å²) >= 11 is 0. The van der Waals surface area contributed by atoms with Gasteiger partial charge in [0.2, 0.25) is 0 Å². The number of rotatable bonds is 4. The van der Waals surface area contributed by atoms with E-state index in [0.29, 0.717) is 24.1 Å². The van der Waals surface area contributed by atoms with Crippen molar-refractivity contribution in [2.75, 3.05) is 24.5 Å². The first-order valence-corrected chi connectivity index (χ1v) is 10.4. The summed E-state index contributed by atoms with van der Waals surface area (Å²) in [6.07, 6.45) is 4.31. The summed E-state index contributed by atoms with van der Waals surface area (Å²) in [4.78, 5) is 30.2. The Bertz CT molecular complexity index is 1060. The summed E-state index contributed by atoms with van der Waals surface area (Å²) in [5.41, 5.74) is 3.55. The van der Waals surface area contributed by atoms with E-state index in [9.17, 15) is 9.59 Å². The summed E-state index contributed by atoms with van der Waals surface area (Å²) in [6, 6.07) is 19.8. The van der Waals surface area contributed by atoms with Crippen molar-refractivity contribution in [3.8, 4) is 0 Å². The molecular formula is C25H24N2O2. The van der Waals surface area contributed by atoms with Crippen LogP contribution in [-0.4, -0.2) is 36.3 Å². The average molecular weight is 384 g/mol. The molecule has 1 fully saturated rings. The van der Waals surface area contributed by atoms with Gasteiger partial charge in [-0.1, -0.05) is 42.5 Å². The molecule has 0 unspecified atom stereocenters. The molecule has 0 spiro atoms. The quantitative estimate of drug-likeness (QED) is 0.614. The number of anilines is 1. The summed E-state index contributed by atoms with van der Waals surface area (Å²) in [7, 11) is 0. The van der Waals surface area contributed by atoms with Gasteiger partial charge in [-0.15, -0.1) is 0 Å². The van der Waals surface area contributed by atoms with E-state index in [4.69, 9.17) is 0 Å². The first-order chi connectivity index (χ1) is 14.2. The van der Waals surface area contributed by atoms with Crippen LogP contribution in [0.15, 0.2) is 60.7 Å². The molecule has 0 atom stereocenters. The Morgan fingerprint density at radius 2 is 1.45 bits per heavy atom. The molecule has 0 aromatic heterocycles. The number of hydrogen-bond donors (Lipinski definition) is 0. The number of piperidine rings is 1. The molecule has 3 aromatic rings. The molecule has 5 rings (SSSR count). The van der Waals surface area contributed by atoms with Crippen LogP contribution in [0.1, 0.15) is 45.5 Å².